The molecule has 1 heterocycles. The van der Waals surface area contributed by atoms with E-state index < -0.39 is 36.3 Å². The van der Waals surface area contributed by atoms with Crippen molar-refractivity contribution in [1.29, 1.82) is 0 Å². The van der Waals surface area contributed by atoms with Gasteiger partial charge in [-0.25, -0.2) is 14.6 Å². The van der Waals surface area contributed by atoms with Gasteiger partial charge in [0, 0.05) is 0 Å². The molecule has 0 amide bonds. The van der Waals surface area contributed by atoms with Gasteiger partial charge in [-0.05, 0) is 6.92 Å². The highest BCUT2D eigenvalue weighted by atomic mass is 19.4. The zero-order valence-electron chi connectivity index (χ0n) is 9.06. The van der Waals surface area contributed by atoms with Crippen LogP contribution in [0.2, 0.25) is 0 Å². The first-order chi connectivity index (χ1) is 8.40. The van der Waals surface area contributed by atoms with Gasteiger partial charge in [0.25, 0.3) is 0 Å². The van der Waals surface area contributed by atoms with Crippen molar-refractivity contribution < 1.29 is 45.4 Å². The van der Waals surface area contributed by atoms with E-state index in [4.69, 9.17) is 0 Å². The zero-order valence-corrected chi connectivity index (χ0v) is 9.06. The molecule has 0 aromatic rings. The molecule has 0 saturated carbocycles. The maximum Gasteiger partial charge on any atom is 0.465 e. The number of aliphatic imine (C=N–C) groups is 1. The summed E-state index contributed by atoms with van der Waals surface area (Å²) in [5, 5.41) is 0. The normalized spacial score (nSPS) is 26.8. The van der Waals surface area contributed by atoms with E-state index in [9.17, 15) is 35.9 Å². The van der Waals surface area contributed by atoms with Gasteiger partial charge in [-0.15, -0.1) is 0 Å². The van der Waals surface area contributed by atoms with Crippen LogP contribution >= 0.6 is 0 Å². The van der Waals surface area contributed by atoms with Crippen LogP contribution in [0, 0.1) is 0 Å². The van der Waals surface area contributed by atoms with Crippen molar-refractivity contribution in [2.24, 2.45) is 4.99 Å². The predicted octanol–water partition coefficient (Wildman–Crippen LogP) is 1.48. The molecule has 108 valence electrons. The van der Waals surface area contributed by atoms with Gasteiger partial charge in [0.05, 0.1) is 6.54 Å². The van der Waals surface area contributed by atoms with E-state index in [0.29, 0.717) is 6.92 Å². The van der Waals surface area contributed by atoms with Crippen LogP contribution < -0.4 is 0 Å². The second-order valence-corrected chi connectivity index (χ2v) is 3.74. The number of carbonyl (C=O) groups excluding carboxylic acids is 2. The SMILES string of the molecule is C[C@@]1(CN=C=O)OC(C(F)(F)F)(C(F)(F)F)OC1=O. The molecule has 1 saturated heterocycles. The van der Waals surface area contributed by atoms with Crippen LogP contribution in [0.1, 0.15) is 6.92 Å². The summed E-state index contributed by atoms with van der Waals surface area (Å²) in [7, 11) is 0. The molecule has 11 heteroatoms. The Kier molecular flexibility index (Phi) is 3.42. The van der Waals surface area contributed by atoms with E-state index in [2.05, 4.69) is 14.5 Å². The van der Waals surface area contributed by atoms with Gasteiger partial charge in [0.15, 0.2) is 5.60 Å². The van der Waals surface area contributed by atoms with Crippen LogP contribution in [-0.4, -0.2) is 42.3 Å². The molecule has 19 heavy (non-hydrogen) atoms. The number of isocyanates is 1. The van der Waals surface area contributed by atoms with Crippen LogP contribution in [0.25, 0.3) is 0 Å². The molecule has 1 rings (SSSR count). The fourth-order valence-corrected chi connectivity index (χ4v) is 1.29. The molecule has 1 atom stereocenters. The molecule has 0 aromatic carbocycles. The number of ether oxygens (including phenoxy) is 2. The molecule has 5 nitrogen and oxygen atoms in total. The molecule has 0 spiro atoms. The fourth-order valence-electron chi connectivity index (χ4n) is 1.29. The summed E-state index contributed by atoms with van der Waals surface area (Å²) in [5.74, 6) is -6.99. The lowest BCUT2D eigenvalue weighted by atomic mass is 10.1. The molecule has 0 radical (unpaired) electrons. The summed E-state index contributed by atoms with van der Waals surface area (Å²) in [6, 6.07) is 0. The van der Waals surface area contributed by atoms with Gasteiger partial charge >= 0.3 is 24.1 Å². The topological polar surface area (TPSA) is 65.0 Å². The van der Waals surface area contributed by atoms with Crippen molar-refractivity contribution in [2.45, 2.75) is 30.7 Å². The third-order valence-corrected chi connectivity index (χ3v) is 2.23. The second-order valence-electron chi connectivity index (χ2n) is 3.74. The standard InChI is InChI=1S/C8H5F6NO4/c1-5(2-15-3-16)4(17)18-6(19-5,7(9,10)11)8(12,13)14/h2H2,1H3/t5-/m0/s1. The van der Waals surface area contributed by atoms with E-state index in [-0.39, 0.29) is 0 Å². The van der Waals surface area contributed by atoms with Crippen LogP contribution in [0.15, 0.2) is 4.99 Å². The number of alkyl halides is 6. The highest BCUT2D eigenvalue weighted by molar-refractivity contribution is 5.82. The number of carbonyl (C=O) groups is 1. The summed E-state index contributed by atoms with van der Waals surface area (Å²) >= 11 is 0. The van der Waals surface area contributed by atoms with Crippen molar-refractivity contribution >= 4 is 12.0 Å². The second kappa shape index (κ2) is 4.20. The van der Waals surface area contributed by atoms with Crippen LogP contribution in [-0.2, 0) is 19.1 Å². The van der Waals surface area contributed by atoms with Crippen molar-refractivity contribution in [1.82, 2.24) is 0 Å². The minimum atomic E-state index is -6.04. The Morgan fingerprint density at radius 2 is 1.68 bits per heavy atom. The Balaban J connectivity index is 3.27. The summed E-state index contributed by atoms with van der Waals surface area (Å²) < 4.78 is 82.3. The van der Waals surface area contributed by atoms with E-state index in [1.54, 1.807) is 0 Å². The lowest BCUT2D eigenvalue weighted by Crippen LogP contribution is -2.59. The predicted molar refractivity (Wildman–Crippen MR) is 43.4 cm³/mol. The monoisotopic (exact) mass is 293 g/mol. The summed E-state index contributed by atoms with van der Waals surface area (Å²) in [4.78, 5) is 23.7. The number of nitrogens with zero attached hydrogens (tertiary/aromatic N) is 1. The van der Waals surface area contributed by atoms with Crippen molar-refractivity contribution in [3.05, 3.63) is 0 Å². The first-order valence-electron chi connectivity index (χ1n) is 4.50. The van der Waals surface area contributed by atoms with Crippen molar-refractivity contribution in [3.63, 3.8) is 0 Å². The molecular weight excluding hydrogens is 288 g/mol. The van der Waals surface area contributed by atoms with E-state index in [1.807, 2.05) is 0 Å². The highest BCUT2D eigenvalue weighted by Gasteiger charge is 2.82. The smallest absolute Gasteiger partial charge is 0.413 e. The Morgan fingerprint density at radius 3 is 2.00 bits per heavy atom. The number of halogens is 6. The summed E-state index contributed by atoms with van der Waals surface area (Å²) in [6.45, 7) is -0.487. The molecule has 0 unspecified atom stereocenters. The van der Waals surface area contributed by atoms with Gasteiger partial charge in [-0.2, -0.15) is 26.3 Å². The molecule has 0 aromatic heterocycles. The maximum atomic E-state index is 12.5. The van der Waals surface area contributed by atoms with Crippen LogP contribution in [0.4, 0.5) is 26.3 Å². The van der Waals surface area contributed by atoms with Gasteiger partial charge in [0.2, 0.25) is 6.08 Å². The van der Waals surface area contributed by atoms with E-state index in [0.717, 1.165) is 6.08 Å². The average Bonchev–Trinajstić information content (AvgIpc) is 2.49. The Bertz CT molecular complexity index is 424. The first kappa shape index (κ1) is 15.4. The largest absolute Gasteiger partial charge is 0.465 e. The number of rotatable bonds is 2. The Labute approximate surface area is 101 Å². The quantitative estimate of drug-likeness (QED) is 0.335. The minimum absolute atomic E-state index is 0.593. The van der Waals surface area contributed by atoms with Crippen LogP contribution in [0.5, 0.6) is 0 Å². The molecule has 0 bridgehead atoms. The Hall–Kier alpha value is -1.61. The number of hydrogen-bond acceptors (Lipinski definition) is 5. The van der Waals surface area contributed by atoms with E-state index >= 15 is 0 Å². The van der Waals surface area contributed by atoms with E-state index in [1.165, 1.54) is 0 Å². The molecule has 0 aliphatic carbocycles. The Morgan fingerprint density at radius 1 is 1.21 bits per heavy atom. The number of cyclic esters (lactones) is 1. The van der Waals surface area contributed by atoms with Crippen molar-refractivity contribution in [2.75, 3.05) is 6.54 Å². The van der Waals surface area contributed by atoms with Gasteiger partial charge < -0.3 is 9.47 Å². The third-order valence-electron chi connectivity index (χ3n) is 2.23. The number of esters is 1. The lowest BCUT2D eigenvalue weighted by Gasteiger charge is -2.31. The lowest BCUT2D eigenvalue weighted by molar-refractivity contribution is -0.444. The molecule has 1 fully saturated rings. The zero-order chi connectivity index (χ0) is 15.1. The molecular formula is C8H5F6NO4. The first-order valence-corrected chi connectivity index (χ1v) is 4.50. The molecule has 1 aliphatic heterocycles. The fraction of sp³-hybridized carbons (Fsp3) is 0.750. The highest BCUT2D eigenvalue weighted by Crippen LogP contribution is 2.52. The van der Waals surface area contributed by atoms with Gasteiger partial charge in [0.1, 0.15) is 0 Å². The van der Waals surface area contributed by atoms with Gasteiger partial charge in [-0.3, -0.25) is 0 Å². The summed E-state index contributed by atoms with van der Waals surface area (Å²) in [6.07, 6.45) is -11.2. The molecule has 0 N–H and O–H groups in total. The summed E-state index contributed by atoms with van der Waals surface area (Å²) in [5.41, 5.74) is -2.68. The number of hydrogen-bond donors (Lipinski definition) is 0. The minimum Gasteiger partial charge on any atom is -0.413 e. The van der Waals surface area contributed by atoms with Gasteiger partial charge in [-0.1, -0.05) is 0 Å². The average molecular weight is 293 g/mol. The van der Waals surface area contributed by atoms with Crippen LogP contribution in [0.3, 0.4) is 0 Å². The van der Waals surface area contributed by atoms with Crippen molar-refractivity contribution in [3.8, 4) is 0 Å². The third kappa shape index (κ3) is 2.30. The maximum absolute atomic E-state index is 12.5. The molecule has 1 aliphatic rings.